The maximum absolute atomic E-state index is 12.2. The van der Waals surface area contributed by atoms with Crippen molar-refractivity contribution in [1.82, 2.24) is 5.32 Å². The van der Waals surface area contributed by atoms with Crippen molar-refractivity contribution in [2.45, 2.75) is 31.7 Å². The molecule has 2 aromatic rings. The molecule has 1 aromatic carbocycles. The molecule has 122 valence electrons. The number of benzene rings is 1. The summed E-state index contributed by atoms with van der Waals surface area (Å²) >= 11 is 0. The zero-order chi connectivity index (χ0) is 16.7. The van der Waals surface area contributed by atoms with Crippen LogP contribution in [-0.4, -0.2) is 19.1 Å². The van der Waals surface area contributed by atoms with E-state index in [0.29, 0.717) is 11.6 Å². The highest BCUT2D eigenvalue weighted by atomic mass is 16.5. The number of terminal acetylenes is 1. The molecule has 1 unspecified atom stereocenters. The van der Waals surface area contributed by atoms with E-state index in [-0.39, 0.29) is 12.2 Å². The molecule has 1 atom stereocenters. The molecule has 4 rings (SSSR count). The van der Waals surface area contributed by atoms with Crippen LogP contribution in [0.4, 0.5) is 0 Å². The van der Waals surface area contributed by atoms with E-state index >= 15 is 0 Å². The molecule has 0 spiro atoms. The predicted octanol–water partition coefficient (Wildman–Crippen LogP) is 2.11. The second kappa shape index (κ2) is 5.81. The first-order valence-electron chi connectivity index (χ1n) is 8.15. The molecule has 0 fully saturated rings. The summed E-state index contributed by atoms with van der Waals surface area (Å²) in [7, 11) is 0. The van der Waals surface area contributed by atoms with Crippen LogP contribution < -0.4 is 10.9 Å². The summed E-state index contributed by atoms with van der Waals surface area (Å²) in [6.45, 7) is 0.699. The first kappa shape index (κ1) is 15.0. The summed E-state index contributed by atoms with van der Waals surface area (Å²) in [6.07, 6.45) is 9.14. The molecule has 5 heteroatoms. The fourth-order valence-electron chi connectivity index (χ4n) is 3.84. The normalized spacial score (nSPS) is 18.7. The van der Waals surface area contributed by atoms with Gasteiger partial charge in [0.1, 0.15) is 11.1 Å². The van der Waals surface area contributed by atoms with Crippen molar-refractivity contribution < 1.29 is 13.9 Å². The molecule has 0 amide bonds. The molecule has 0 saturated carbocycles. The van der Waals surface area contributed by atoms with Gasteiger partial charge >= 0.3 is 11.6 Å². The van der Waals surface area contributed by atoms with Gasteiger partial charge in [-0.3, -0.25) is 0 Å². The molecular formula is C19H17NO4. The Labute approximate surface area is 139 Å². The van der Waals surface area contributed by atoms with Crippen molar-refractivity contribution in [3.8, 4) is 12.3 Å². The lowest BCUT2D eigenvalue weighted by Gasteiger charge is -2.33. The fourth-order valence-corrected chi connectivity index (χ4v) is 3.84. The minimum atomic E-state index is -0.741. The van der Waals surface area contributed by atoms with Crippen LogP contribution in [0, 0.1) is 12.3 Å². The van der Waals surface area contributed by atoms with Gasteiger partial charge in [0.25, 0.3) is 0 Å². The number of aryl methyl sites for hydroxylation is 1. The van der Waals surface area contributed by atoms with E-state index in [4.69, 9.17) is 15.6 Å². The van der Waals surface area contributed by atoms with Crippen LogP contribution in [0.3, 0.4) is 0 Å². The molecule has 1 aliphatic heterocycles. The number of carbonyl (C=O) groups is 1. The van der Waals surface area contributed by atoms with Crippen molar-refractivity contribution in [2.24, 2.45) is 0 Å². The van der Waals surface area contributed by atoms with E-state index in [2.05, 4.69) is 11.2 Å². The molecule has 1 aliphatic carbocycles. The van der Waals surface area contributed by atoms with Crippen LogP contribution in [0.15, 0.2) is 21.3 Å². The molecule has 5 nitrogen and oxygen atoms in total. The Morgan fingerprint density at radius 1 is 1.42 bits per heavy atom. The number of hydrogen-bond donors (Lipinski definition) is 1. The molecular weight excluding hydrogens is 306 g/mol. The number of hydrogen-bond acceptors (Lipinski definition) is 5. The Balaban J connectivity index is 1.90. The Hall–Kier alpha value is -2.58. The van der Waals surface area contributed by atoms with Gasteiger partial charge in [-0.15, -0.1) is 6.42 Å². The lowest BCUT2D eigenvalue weighted by atomic mass is 9.80. The topological polar surface area (TPSA) is 68.5 Å². The van der Waals surface area contributed by atoms with Gasteiger partial charge in [0.2, 0.25) is 0 Å². The van der Waals surface area contributed by atoms with Gasteiger partial charge in [0.15, 0.2) is 6.61 Å². The summed E-state index contributed by atoms with van der Waals surface area (Å²) in [5.74, 6) is 1.47. The highest BCUT2D eigenvalue weighted by Crippen LogP contribution is 2.38. The van der Waals surface area contributed by atoms with E-state index in [1.807, 2.05) is 6.07 Å². The van der Waals surface area contributed by atoms with Gasteiger partial charge in [-0.05, 0) is 55.5 Å². The van der Waals surface area contributed by atoms with E-state index in [1.54, 1.807) is 6.07 Å². The molecule has 0 bridgehead atoms. The first-order chi connectivity index (χ1) is 11.7. The number of ether oxygens (including phenoxy) is 1. The van der Waals surface area contributed by atoms with Crippen LogP contribution in [0.1, 0.15) is 45.9 Å². The Morgan fingerprint density at radius 2 is 2.29 bits per heavy atom. The van der Waals surface area contributed by atoms with E-state index in [0.717, 1.165) is 43.2 Å². The standard InChI is InChI=1S/C19H17NO4/c1-2-8-23-18(21)14-10-12-9-11-4-3-5-15-16(11)13(6-7-20-15)17(12)24-19(14)22/h1,9-10,15,20H,3-8H2. The van der Waals surface area contributed by atoms with Crippen molar-refractivity contribution in [1.29, 1.82) is 0 Å². The number of carbonyl (C=O) groups excluding carboxylic acids is 1. The molecule has 0 radical (unpaired) electrons. The Morgan fingerprint density at radius 3 is 3.12 bits per heavy atom. The number of rotatable bonds is 2. The van der Waals surface area contributed by atoms with Crippen molar-refractivity contribution in [3.63, 3.8) is 0 Å². The Kier molecular flexibility index (Phi) is 3.62. The smallest absolute Gasteiger partial charge is 0.351 e. The van der Waals surface area contributed by atoms with Gasteiger partial charge in [0, 0.05) is 17.0 Å². The summed E-state index contributed by atoms with van der Waals surface area (Å²) in [5, 5.41) is 4.31. The lowest BCUT2D eigenvalue weighted by molar-refractivity contribution is 0.0552. The Bertz CT molecular complexity index is 933. The molecule has 1 aromatic heterocycles. The van der Waals surface area contributed by atoms with Gasteiger partial charge in [-0.1, -0.05) is 5.92 Å². The van der Waals surface area contributed by atoms with E-state index < -0.39 is 11.6 Å². The van der Waals surface area contributed by atoms with Crippen LogP contribution in [0.25, 0.3) is 11.0 Å². The third-order valence-corrected chi connectivity index (χ3v) is 4.81. The number of fused-ring (bicyclic) bond motifs is 2. The average molecular weight is 323 g/mol. The predicted molar refractivity (Wildman–Crippen MR) is 89.0 cm³/mol. The maximum Gasteiger partial charge on any atom is 0.351 e. The molecule has 0 saturated heterocycles. The molecule has 2 heterocycles. The fraction of sp³-hybridized carbons (Fsp3) is 0.368. The summed E-state index contributed by atoms with van der Waals surface area (Å²) in [6, 6.07) is 3.95. The molecule has 1 N–H and O–H groups in total. The van der Waals surface area contributed by atoms with Crippen molar-refractivity contribution in [3.05, 3.63) is 44.8 Å². The minimum absolute atomic E-state index is 0.105. The van der Waals surface area contributed by atoms with Gasteiger partial charge < -0.3 is 14.5 Å². The van der Waals surface area contributed by atoms with Gasteiger partial charge in [-0.2, -0.15) is 0 Å². The quantitative estimate of drug-likeness (QED) is 0.521. The van der Waals surface area contributed by atoms with Crippen LogP contribution in [0.5, 0.6) is 0 Å². The second-order valence-corrected chi connectivity index (χ2v) is 6.22. The third-order valence-electron chi connectivity index (χ3n) is 4.81. The molecule has 2 aliphatic rings. The minimum Gasteiger partial charge on any atom is -0.449 e. The number of esters is 1. The summed E-state index contributed by atoms with van der Waals surface area (Å²) < 4.78 is 10.4. The van der Waals surface area contributed by atoms with Crippen LogP contribution in [-0.2, 0) is 17.6 Å². The van der Waals surface area contributed by atoms with Crippen LogP contribution in [0.2, 0.25) is 0 Å². The van der Waals surface area contributed by atoms with Gasteiger partial charge in [0.05, 0.1) is 0 Å². The van der Waals surface area contributed by atoms with Crippen LogP contribution >= 0.6 is 0 Å². The SMILES string of the molecule is C#CCOC(=O)c1cc2cc3c4c(c2oc1=O)CCNC4CCC3. The lowest BCUT2D eigenvalue weighted by Crippen LogP contribution is -2.33. The maximum atomic E-state index is 12.2. The molecule has 24 heavy (non-hydrogen) atoms. The first-order valence-corrected chi connectivity index (χ1v) is 8.15. The largest absolute Gasteiger partial charge is 0.449 e. The second-order valence-electron chi connectivity index (χ2n) is 6.22. The average Bonchev–Trinajstić information content (AvgIpc) is 2.60. The highest BCUT2D eigenvalue weighted by Gasteiger charge is 2.29. The third kappa shape index (κ3) is 2.31. The van der Waals surface area contributed by atoms with Crippen molar-refractivity contribution >= 4 is 16.9 Å². The van der Waals surface area contributed by atoms with E-state index in [1.165, 1.54) is 11.1 Å². The monoisotopic (exact) mass is 323 g/mol. The number of nitrogens with one attached hydrogen (secondary N) is 1. The summed E-state index contributed by atoms with van der Waals surface area (Å²) in [4.78, 5) is 24.2. The zero-order valence-electron chi connectivity index (χ0n) is 13.2. The summed E-state index contributed by atoms with van der Waals surface area (Å²) in [5.41, 5.74) is 3.48. The highest BCUT2D eigenvalue weighted by molar-refractivity contribution is 5.94. The van der Waals surface area contributed by atoms with Crippen molar-refractivity contribution in [2.75, 3.05) is 13.2 Å². The van der Waals surface area contributed by atoms with E-state index in [9.17, 15) is 9.59 Å². The van der Waals surface area contributed by atoms with Gasteiger partial charge in [-0.25, -0.2) is 9.59 Å². The zero-order valence-corrected chi connectivity index (χ0v) is 13.2.